The summed E-state index contributed by atoms with van der Waals surface area (Å²) in [5.41, 5.74) is 0. The molecule has 0 saturated carbocycles. The Morgan fingerprint density at radius 2 is 0.476 bits per heavy atom. The van der Waals surface area contributed by atoms with E-state index in [0.29, 0.717) is 0 Å². The average Bonchev–Trinajstić information content (AvgIpc) is 2.14. The number of hydrogen-bond acceptors (Lipinski definition) is 0. The van der Waals surface area contributed by atoms with E-state index in [-0.39, 0.29) is 142 Å². The minimum absolute atomic E-state index is 0. The Bertz CT molecular complexity index is 40.9. The summed E-state index contributed by atoms with van der Waals surface area (Å²) in [5, 5.41) is 0. The standard InChI is InChI=1S/3C3H8.4CH4.2BH2P.2FH.2K/c3*1-3-2;;;;;2*1-2;;;;/h3*3H2,1-2H3;4*1H4;2*2H2;2*1H;;/q;;;;;;;;;;;2*+1/p-2. The molecule has 0 saturated heterocycles. The predicted octanol–water partition coefficient (Wildman–Crippen LogP) is -5.30. The van der Waals surface area contributed by atoms with E-state index in [2.05, 4.69) is 56.7 Å². The quantitative estimate of drug-likeness (QED) is 0.282. The molecule has 128 valence electrons. The Labute approximate surface area is 231 Å². The van der Waals surface area contributed by atoms with Gasteiger partial charge in [-0.25, -0.2) is 0 Å². The fourth-order valence-corrected chi connectivity index (χ4v) is 0. The van der Waals surface area contributed by atoms with Crippen molar-refractivity contribution in [1.82, 2.24) is 0 Å². The van der Waals surface area contributed by atoms with Crippen LogP contribution in [0.2, 0.25) is 0 Å². The molecular formula is C13H44B2F2K2P2. The smallest absolute Gasteiger partial charge is 1.00 e. The first-order valence-electron chi connectivity index (χ1n) is 4.91. The molecule has 2 unspecified atom stereocenters. The van der Waals surface area contributed by atoms with E-state index in [9.17, 15) is 0 Å². The number of halogens is 2. The van der Waals surface area contributed by atoms with Crippen molar-refractivity contribution in [3.8, 4) is 0 Å². The van der Waals surface area contributed by atoms with Gasteiger partial charge in [0, 0.05) is 0 Å². The summed E-state index contributed by atoms with van der Waals surface area (Å²) in [4.78, 5) is 0. The van der Waals surface area contributed by atoms with E-state index in [0.717, 1.165) is 0 Å². The third-order valence-electron chi connectivity index (χ3n) is 0. The second kappa shape index (κ2) is 254. The van der Waals surface area contributed by atoms with Crippen molar-refractivity contribution in [3.63, 3.8) is 0 Å². The van der Waals surface area contributed by atoms with Crippen molar-refractivity contribution in [1.29, 1.82) is 0 Å². The molecule has 0 nitrogen and oxygen atoms in total. The van der Waals surface area contributed by atoms with Crippen LogP contribution in [0.1, 0.15) is 90.5 Å². The second-order valence-corrected chi connectivity index (χ2v) is 2.12. The molecular weight excluding hydrogens is 356 g/mol. The van der Waals surface area contributed by atoms with Gasteiger partial charge in [0.25, 0.3) is 0 Å². The molecule has 0 rings (SSSR count). The molecule has 0 aliphatic carbocycles. The molecule has 0 aromatic rings. The first-order valence-corrected chi connectivity index (χ1v) is 6.24. The Balaban J connectivity index is -0.00000000319. The molecule has 0 aliphatic heterocycles. The van der Waals surface area contributed by atoms with Gasteiger partial charge in [0.1, 0.15) is 0 Å². The summed E-state index contributed by atoms with van der Waals surface area (Å²) in [5.74, 6) is 0. The van der Waals surface area contributed by atoms with Crippen LogP contribution in [0.25, 0.3) is 0 Å². The SMILES string of the molecule is C.C.C.C.CCC.CCC.CCC.[B]P.[B]P.[F-].[F-].[K+].[K+]. The maximum absolute atomic E-state index is 4.42. The number of rotatable bonds is 0. The van der Waals surface area contributed by atoms with Gasteiger partial charge >= 0.3 is 103 Å². The van der Waals surface area contributed by atoms with Crippen molar-refractivity contribution in [2.75, 3.05) is 0 Å². The molecule has 0 aromatic heterocycles. The largest absolute Gasteiger partial charge is 1.00 e. The predicted molar refractivity (Wildman–Crippen MR) is 106 cm³/mol. The van der Waals surface area contributed by atoms with Crippen LogP contribution in [0.4, 0.5) is 0 Å². The molecule has 0 amide bonds. The van der Waals surface area contributed by atoms with Gasteiger partial charge in [-0.2, -0.15) is 18.2 Å². The summed E-state index contributed by atoms with van der Waals surface area (Å²) < 4.78 is 0. The number of hydrogen-bond donors (Lipinski definition) is 0. The van der Waals surface area contributed by atoms with Gasteiger partial charge in [-0.3, -0.25) is 0 Å². The van der Waals surface area contributed by atoms with Gasteiger partial charge in [-0.15, -0.1) is 0 Å². The zero-order valence-corrected chi connectivity index (χ0v) is 21.7. The summed E-state index contributed by atoms with van der Waals surface area (Å²) in [6.07, 6.45) is 3.75. The molecule has 4 radical (unpaired) electrons. The molecule has 0 bridgehead atoms. The van der Waals surface area contributed by atoms with Crippen LogP contribution in [0.3, 0.4) is 0 Å². The van der Waals surface area contributed by atoms with Crippen LogP contribution in [0.5, 0.6) is 0 Å². The fraction of sp³-hybridized carbons (Fsp3) is 1.00. The summed E-state index contributed by atoms with van der Waals surface area (Å²) >= 11 is 0. The van der Waals surface area contributed by atoms with Gasteiger partial charge in [-0.1, -0.05) is 90.5 Å². The molecule has 0 N–H and O–H groups in total. The van der Waals surface area contributed by atoms with Crippen molar-refractivity contribution in [2.45, 2.75) is 90.5 Å². The molecule has 0 aromatic carbocycles. The van der Waals surface area contributed by atoms with Crippen LogP contribution < -0.4 is 112 Å². The fourth-order valence-electron chi connectivity index (χ4n) is 0. The van der Waals surface area contributed by atoms with Crippen LogP contribution >= 0.6 is 18.2 Å². The third-order valence-corrected chi connectivity index (χ3v) is 0. The van der Waals surface area contributed by atoms with Gasteiger partial charge in [0.15, 0.2) is 0 Å². The van der Waals surface area contributed by atoms with Crippen LogP contribution in [-0.4, -0.2) is 15.1 Å². The summed E-state index contributed by atoms with van der Waals surface area (Å²) in [7, 11) is 12.7. The summed E-state index contributed by atoms with van der Waals surface area (Å²) in [6, 6.07) is 0. The van der Waals surface area contributed by atoms with E-state index < -0.39 is 0 Å². The summed E-state index contributed by atoms with van der Waals surface area (Å²) in [6.45, 7) is 12.8. The van der Waals surface area contributed by atoms with E-state index in [1.165, 1.54) is 19.3 Å². The molecule has 0 aliphatic rings. The van der Waals surface area contributed by atoms with E-state index >= 15 is 0 Å². The van der Waals surface area contributed by atoms with E-state index in [1.54, 1.807) is 0 Å². The van der Waals surface area contributed by atoms with Crippen molar-refractivity contribution < 1.29 is 112 Å². The minimum atomic E-state index is 0. The topological polar surface area (TPSA) is 0 Å². The van der Waals surface area contributed by atoms with E-state index in [4.69, 9.17) is 0 Å². The van der Waals surface area contributed by atoms with Crippen molar-refractivity contribution >= 4 is 33.4 Å². The molecule has 8 heteroatoms. The second-order valence-electron chi connectivity index (χ2n) is 2.12. The van der Waals surface area contributed by atoms with Crippen LogP contribution in [0, 0.1) is 0 Å². The van der Waals surface area contributed by atoms with Gasteiger partial charge in [0.2, 0.25) is 0 Å². The van der Waals surface area contributed by atoms with Crippen LogP contribution in [0.15, 0.2) is 0 Å². The van der Waals surface area contributed by atoms with Gasteiger partial charge in [-0.05, 0) is 0 Å². The molecule has 0 fully saturated rings. The molecule has 2 atom stereocenters. The zero-order chi connectivity index (χ0) is 12.1. The maximum atomic E-state index is 4.42. The first-order chi connectivity index (χ1) is 6.24. The first kappa shape index (κ1) is 99.5. The maximum Gasteiger partial charge on any atom is 1.00 e. The monoisotopic (exact) mass is 400 g/mol. The van der Waals surface area contributed by atoms with Crippen molar-refractivity contribution in [3.05, 3.63) is 0 Å². The van der Waals surface area contributed by atoms with Crippen molar-refractivity contribution in [2.24, 2.45) is 0 Å². The van der Waals surface area contributed by atoms with Gasteiger partial charge < -0.3 is 9.41 Å². The normalized spacial score (nSPS) is 3.05. The van der Waals surface area contributed by atoms with Crippen LogP contribution in [-0.2, 0) is 0 Å². The third kappa shape index (κ3) is 695. The minimum Gasteiger partial charge on any atom is -1.00 e. The zero-order valence-electron chi connectivity index (χ0n) is 13.2. The molecule has 0 spiro atoms. The Morgan fingerprint density at radius 1 is 0.476 bits per heavy atom. The van der Waals surface area contributed by atoms with E-state index in [1.807, 2.05) is 18.2 Å². The Kier molecular flexibility index (Phi) is 1200. The Hall–Kier alpha value is 4.12. The molecule has 0 heterocycles. The molecule has 21 heavy (non-hydrogen) atoms. The Morgan fingerprint density at radius 3 is 0.476 bits per heavy atom. The van der Waals surface area contributed by atoms with Gasteiger partial charge in [0.05, 0.1) is 15.1 Å². The average molecular weight is 400 g/mol.